The van der Waals surface area contributed by atoms with Crippen molar-refractivity contribution in [2.45, 2.75) is 45.3 Å². The van der Waals surface area contributed by atoms with Gasteiger partial charge in [0.2, 0.25) is 5.89 Å². The molecule has 0 aliphatic carbocycles. The Hall–Kier alpha value is -1.72. The van der Waals surface area contributed by atoms with Crippen LogP contribution in [0.2, 0.25) is 0 Å². The molecule has 0 fully saturated rings. The molecule has 5 nitrogen and oxygen atoms in total. The first kappa shape index (κ1) is 15.7. The lowest BCUT2D eigenvalue weighted by molar-refractivity contribution is 0.0317. The van der Waals surface area contributed by atoms with Gasteiger partial charge in [0.25, 0.3) is 0 Å². The number of nitrogens with one attached hydrogen (secondary N) is 1. The minimum Gasteiger partial charge on any atom is -0.389 e. The van der Waals surface area contributed by atoms with Gasteiger partial charge >= 0.3 is 0 Å². The largest absolute Gasteiger partial charge is 0.389 e. The quantitative estimate of drug-likeness (QED) is 0.780. The summed E-state index contributed by atoms with van der Waals surface area (Å²) in [5, 5.41) is 17.3. The van der Waals surface area contributed by atoms with Crippen molar-refractivity contribution in [3.63, 3.8) is 0 Å². The average Bonchev–Trinajstić information content (AvgIpc) is 2.95. The molecule has 1 aromatic heterocycles. The van der Waals surface area contributed by atoms with Crippen molar-refractivity contribution in [1.82, 2.24) is 15.5 Å². The van der Waals surface area contributed by atoms with E-state index in [0.717, 1.165) is 18.4 Å². The first-order chi connectivity index (χ1) is 10.1. The molecule has 1 aromatic carbocycles. The molecule has 5 heteroatoms. The predicted octanol–water partition coefficient (Wildman–Crippen LogP) is 2.30. The number of aromatic nitrogens is 2. The van der Waals surface area contributed by atoms with Gasteiger partial charge in [-0.3, -0.25) is 0 Å². The highest BCUT2D eigenvalue weighted by atomic mass is 16.5. The molecule has 0 amide bonds. The van der Waals surface area contributed by atoms with Crippen LogP contribution in [-0.4, -0.2) is 27.4 Å². The second-order valence-corrected chi connectivity index (χ2v) is 5.30. The maximum absolute atomic E-state index is 10.2. The molecule has 0 saturated carbocycles. The fourth-order valence-corrected chi connectivity index (χ4v) is 2.11. The molecule has 0 atom stereocenters. The van der Waals surface area contributed by atoms with Crippen LogP contribution in [0.5, 0.6) is 0 Å². The standard InChI is InChI=1S/C16H23N3O2/c1-3-16(20,4-2)12-17-11-15-18-14(19-21-15)10-13-8-6-5-7-9-13/h5-9,17,20H,3-4,10-12H2,1-2H3. The topological polar surface area (TPSA) is 71.2 Å². The van der Waals surface area contributed by atoms with Crippen LogP contribution in [-0.2, 0) is 13.0 Å². The fraction of sp³-hybridized carbons (Fsp3) is 0.500. The van der Waals surface area contributed by atoms with E-state index < -0.39 is 5.60 Å². The second kappa shape index (κ2) is 7.33. The van der Waals surface area contributed by atoms with Crippen LogP contribution in [0.1, 0.15) is 44.0 Å². The van der Waals surface area contributed by atoms with Crippen molar-refractivity contribution in [2.24, 2.45) is 0 Å². The van der Waals surface area contributed by atoms with E-state index in [1.807, 2.05) is 44.2 Å². The summed E-state index contributed by atoms with van der Waals surface area (Å²) in [6, 6.07) is 10.0. The van der Waals surface area contributed by atoms with Gasteiger partial charge in [0.1, 0.15) is 0 Å². The van der Waals surface area contributed by atoms with Crippen molar-refractivity contribution in [2.75, 3.05) is 6.54 Å². The maximum Gasteiger partial charge on any atom is 0.240 e. The second-order valence-electron chi connectivity index (χ2n) is 5.30. The molecule has 2 aromatic rings. The van der Waals surface area contributed by atoms with E-state index in [2.05, 4.69) is 15.5 Å². The Morgan fingerprint density at radius 3 is 2.57 bits per heavy atom. The van der Waals surface area contributed by atoms with Gasteiger partial charge in [-0.15, -0.1) is 0 Å². The van der Waals surface area contributed by atoms with E-state index in [1.54, 1.807) is 0 Å². The number of hydrogen-bond acceptors (Lipinski definition) is 5. The first-order valence-electron chi connectivity index (χ1n) is 7.43. The number of aliphatic hydroxyl groups is 1. The van der Waals surface area contributed by atoms with E-state index in [0.29, 0.717) is 31.2 Å². The Bertz CT molecular complexity index is 535. The smallest absolute Gasteiger partial charge is 0.240 e. The van der Waals surface area contributed by atoms with Crippen LogP contribution in [0.4, 0.5) is 0 Å². The maximum atomic E-state index is 10.2. The van der Waals surface area contributed by atoms with Gasteiger partial charge in [-0.05, 0) is 18.4 Å². The van der Waals surface area contributed by atoms with Crippen LogP contribution in [0.25, 0.3) is 0 Å². The summed E-state index contributed by atoms with van der Waals surface area (Å²) in [5.74, 6) is 1.23. The molecule has 0 spiro atoms. The zero-order chi connectivity index (χ0) is 15.1. The van der Waals surface area contributed by atoms with Gasteiger partial charge in [-0.1, -0.05) is 49.3 Å². The molecule has 0 aliphatic rings. The Balaban J connectivity index is 1.83. The number of hydrogen-bond donors (Lipinski definition) is 2. The number of rotatable bonds is 8. The highest BCUT2D eigenvalue weighted by Gasteiger charge is 2.21. The van der Waals surface area contributed by atoms with Gasteiger partial charge in [0, 0.05) is 13.0 Å². The van der Waals surface area contributed by atoms with Crippen molar-refractivity contribution in [3.05, 3.63) is 47.6 Å². The van der Waals surface area contributed by atoms with Crippen LogP contribution in [0, 0.1) is 0 Å². The van der Waals surface area contributed by atoms with Gasteiger partial charge < -0.3 is 14.9 Å². The minimum absolute atomic E-state index is 0.476. The third-order valence-corrected chi connectivity index (χ3v) is 3.76. The van der Waals surface area contributed by atoms with Crippen molar-refractivity contribution in [1.29, 1.82) is 0 Å². The molecule has 0 radical (unpaired) electrons. The van der Waals surface area contributed by atoms with Gasteiger partial charge in [0.15, 0.2) is 5.82 Å². The van der Waals surface area contributed by atoms with Gasteiger partial charge in [-0.2, -0.15) is 4.98 Å². The van der Waals surface area contributed by atoms with Crippen molar-refractivity contribution in [3.8, 4) is 0 Å². The normalized spacial score (nSPS) is 11.8. The predicted molar refractivity (Wildman–Crippen MR) is 80.8 cm³/mol. The molecular formula is C16H23N3O2. The number of benzene rings is 1. The third kappa shape index (κ3) is 4.65. The van der Waals surface area contributed by atoms with Crippen LogP contribution in [0.3, 0.4) is 0 Å². The third-order valence-electron chi connectivity index (χ3n) is 3.76. The summed E-state index contributed by atoms with van der Waals surface area (Å²) in [7, 11) is 0. The van der Waals surface area contributed by atoms with Crippen LogP contribution in [0.15, 0.2) is 34.9 Å². The lowest BCUT2D eigenvalue weighted by Gasteiger charge is -2.24. The van der Waals surface area contributed by atoms with Crippen LogP contribution >= 0.6 is 0 Å². The molecule has 0 unspecified atom stereocenters. The van der Waals surface area contributed by atoms with E-state index in [1.165, 1.54) is 0 Å². The monoisotopic (exact) mass is 289 g/mol. The summed E-state index contributed by atoms with van der Waals surface area (Å²) < 4.78 is 5.21. The minimum atomic E-state index is -0.660. The first-order valence-corrected chi connectivity index (χ1v) is 7.43. The molecule has 2 N–H and O–H groups in total. The van der Waals surface area contributed by atoms with E-state index >= 15 is 0 Å². The molecule has 114 valence electrons. The van der Waals surface area contributed by atoms with E-state index in [-0.39, 0.29) is 0 Å². The molecule has 0 saturated heterocycles. The van der Waals surface area contributed by atoms with Gasteiger partial charge in [-0.25, -0.2) is 0 Å². The summed E-state index contributed by atoms with van der Waals surface area (Å²) in [5.41, 5.74) is 0.497. The molecule has 1 heterocycles. The SMILES string of the molecule is CCC(O)(CC)CNCc1nc(Cc2ccccc2)no1. The Labute approximate surface area is 125 Å². The summed E-state index contributed by atoms with van der Waals surface area (Å²) >= 11 is 0. The molecule has 2 rings (SSSR count). The highest BCUT2D eigenvalue weighted by molar-refractivity contribution is 5.18. The Kier molecular flexibility index (Phi) is 5.47. The average molecular weight is 289 g/mol. The zero-order valence-corrected chi connectivity index (χ0v) is 12.7. The zero-order valence-electron chi connectivity index (χ0n) is 12.7. The van der Waals surface area contributed by atoms with Crippen molar-refractivity contribution >= 4 is 0 Å². The summed E-state index contributed by atoms with van der Waals surface area (Å²) in [4.78, 5) is 4.35. The van der Waals surface area contributed by atoms with Gasteiger partial charge in [0.05, 0.1) is 12.1 Å². The van der Waals surface area contributed by atoms with Crippen molar-refractivity contribution < 1.29 is 9.63 Å². The lowest BCUT2D eigenvalue weighted by atomic mass is 9.98. The highest BCUT2D eigenvalue weighted by Crippen LogP contribution is 2.13. The molecule has 21 heavy (non-hydrogen) atoms. The number of nitrogens with zero attached hydrogens (tertiary/aromatic N) is 2. The Morgan fingerprint density at radius 1 is 1.19 bits per heavy atom. The Morgan fingerprint density at radius 2 is 1.90 bits per heavy atom. The lowest BCUT2D eigenvalue weighted by Crippen LogP contribution is -2.39. The molecular weight excluding hydrogens is 266 g/mol. The molecule has 0 bridgehead atoms. The van der Waals surface area contributed by atoms with E-state index in [9.17, 15) is 5.11 Å². The summed E-state index contributed by atoms with van der Waals surface area (Å²) in [6.07, 6.45) is 2.11. The van der Waals surface area contributed by atoms with E-state index in [4.69, 9.17) is 4.52 Å². The fourth-order valence-electron chi connectivity index (χ4n) is 2.11. The molecule has 0 aliphatic heterocycles. The summed E-state index contributed by atoms with van der Waals surface area (Å²) in [6.45, 7) is 4.96. The van der Waals surface area contributed by atoms with Crippen LogP contribution < -0.4 is 5.32 Å².